The zero-order valence-corrected chi connectivity index (χ0v) is 17.8. The zero-order chi connectivity index (χ0) is 20.3. The molecule has 2 nitrogen and oxygen atoms in total. The van der Waals surface area contributed by atoms with Crippen LogP contribution in [0.3, 0.4) is 0 Å². The predicted octanol–water partition coefficient (Wildman–Crippen LogP) is 5.25. The molecular formula is C27H32N2. The maximum atomic E-state index is 2.72. The Morgan fingerprint density at radius 1 is 0.724 bits per heavy atom. The van der Waals surface area contributed by atoms with E-state index >= 15 is 0 Å². The minimum absolute atomic E-state index is 0.293. The highest BCUT2D eigenvalue weighted by Crippen LogP contribution is 2.44. The summed E-state index contributed by atoms with van der Waals surface area (Å²) in [6, 6.07) is 33.7. The maximum absolute atomic E-state index is 2.72. The molecule has 0 N–H and O–H groups in total. The van der Waals surface area contributed by atoms with E-state index in [9.17, 15) is 0 Å². The Kier molecular flexibility index (Phi) is 5.84. The lowest BCUT2D eigenvalue weighted by atomic mass is 9.74. The molecule has 1 saturated heterocycles. The van der Waals surface area contributed by atoms with Gasteiger partial charge in [0.05, 0.1) is 5.54 Å². The molecule has 0 aromatic heterocycles. The first kappa shape index (κ1) is 19.9. The van der Waals surface area contributed by atoms with E-state index in [-0.39, 0.29) is 5.54 Å². The lowest BCUT2D eigenvalue weighted by molar-refractivity contribution is 0.0420. The Bertz CT molecular complexity index is 793. The van der Waals surface area contributed by atoms with Crippen LogP contribution in [0.4, 0.5) is 0 Å². The van der Waals surface area contributed by atoms with Crippen LogP contribution in [-0.4, -0.2) is 43.0 Å². The van der Waals surface area contributed by atoms with Crippen LogP contribution in [0, 0.1) is 5.92 Å². The fourth-order valence-corrected chi connectivity index (χ4v) is 5.11. The molecule has 2 unspecified atom stereocenters. The number of hydrogen-bond acceptors (Lipinski definition) is 2. The van der Waals surface area contributed by atoms with E-state index in [0.717, 1.165) is 13.1 Å². The van der Waals surface area contributed by atoms with Crippen molar-refractivity contribution in [1.82, 2.24) is 9.80 Å². The average Bonchev–Trinajstić information content (AvgIpc) is 2.77. The summed E-state index contributed by atoms with van der Waals surface area (Å²) in [5.41, 5.74) is 3.72. The molecule has 1 heterocycles. The Labute approximate surface area is 175 Å². The molecule has 0 spiro atoms. The third-order valence-corrected chi connectivity index (χ3v) is 6.63. The van der Waals surface area contributed by atoms with E-state index in [1.807, 2.05) is 0 Å². The molecule has 0 radical (unpaired) electrons. The molecule has 0 amide bonds. The van der Waals surface area contributed by atoms with Gasteiger partial charge in [-0.05, 0) is 43.1 Å². The Balaban J connectivity index is 1.96. The van der Waals surface area contributed by atoms with Crippen molar-refractivity contribution in [3.8, 4) is 0 Å². The smallest absolute Gasteiger partial charge is 0.0973 e. The van der Waals surface area contributed by atoms with Gasteiger partial charge < -0.3 is 4.90 Å². The summed E-state index contributed by atoms with van der Waals surface area (Å²) < 4.78 is 0. The van der Waals surface area contributed by atoms with Gasteiger partial charge in [-0.2, -0.15) is 0 Å². The molecule has 29 heavy (non-hydrogen) atoms. The molecule has 4 rings (SSSR count). The number of hydrogen-bond donors (Lipinski definition) is 0. The van der Waals surface area contributed by atoms with Gasteiger partial charge in [0.25, 0.3) is 0 Å². The van der Waals surface area contributed by atoms with Crippen LogP contribution in [-0.2, 0) is 5.54 Å². The lowest BCUT2D eigenvalue weighted by Crippen LogP contribution is -2.58. The minimum Gasteiger partial charge on any atom is -0.305 e. The fourth-order valence-electron chi connectivity index (χ4n) is 5.11. The first-order valence-electron chi connectivity index (χ1n) is 10.7. The number of nitrogens with zero attached hydrogens (tertiary/aromatic N) is 2. The van der Waals surface area contributed by atoms with Gasteiger partial charge in [0.1, 0.15) is 0 Å². The predicted molar refractivity (Wildman–Crippen MR) is 122 cm³/mol. The van der Waals surface area contributed by atoms with Crippen LogP contribution in [0.1, 0.15) is 30.0 Å². The van der Waals surface area contributed by atoms with Crippen LogP contribution < -0.4 is 0 Å². The molecule has 3 aromatic carbocycles. The van der Waals surface area contributed by atoms with Gasteiger partial charge in [0, 0.05) is 19.1 Å². The summed E-state index contributed by atoms with van der Waals surface area (Å²) in [5, 5.41) is 0. The van der Waals surface area contributed by atoms with Crippen molar-refractivity contribution in [2.24, 2.45) is 5.92 Å². The van der Waals surface area contributed by atoms with Crippen LogP contribution in [0.2, 0.25) is 0 Å². The normalized spacial score (nSPS) is 20.7. The van der Waals surface area contributed by atoms with Crippen molar-refractivity contribution in [3.63, 3.8) is 0 Å². The van der Waals surface area contributed by atoms with Gasteiger partial charge in [-0.25, -0.2) is 0 Å². The van der Waals surface area contributed by atoms with E-state index in [1.165, 1.54) is 23.1 Å². The van der Waals surface area contributed by atoms with Crippen LogP contribution in [0.15, 0.2) is 91.0 Å². The molecule has 0 bridgehead atoms. The summed E-state index contributed by atoms with van der Waals surface area (Å²) in [7, 11) is 4.44. The Hall–Kier alpha value is -2.42. The topological polar surface area (TPSA) is 6.48 Å². The zero-order valence-electron chi connectivity index (χ0n) is 17.8. The van der Waals surface area contributed by atoms with Crippen molar-refractivity contribution < 1.29 is 0 Å². The van der Waals surface area contributed by atoms with Crippen molar-refractivity contribution in [2.75, 3.05) is 27.2 Å². The van der Waals surface area contributed by atoms with Gasteiger partial charge in [-0.15, -0.1) is 0 Å². The van der Waals surface area contributed by atoms with E-state index < -0.39 is 0 Å². The second kappa shape index (κ2) is 8.52. The molecule has 1 aliphatic rings. The van der Waals surface area contributed by atoms with Gasteiger partial charge in [0.2, 0.25) is 0 Å². The standard InChI is InChI=1S/C27H32N2/c1-22-19-20-29(21-26(22)28(2)3)27(23-13-7-4-8-14-23,24-15-9-5-10-16-24)25-17-11-6-12-18-25/h4-18,22,26H,19-21H2,1-3H3. The van der Waals surface area contributed by atoms with E-state index in [1.54, 1.807) is 0 Å². The molecule has 2 heteroatoms. The number of likely N-dealkylation sites (tertiary alicyclic amines) is 1. The number of benzene rings is 3. The van der Waals surface area contributed by atoms with Crippen LogP contribution in [0.25, 0.3) is 0 Å². The molecular weight excluding hydrogens is 352 g/mol. The second-order valence-electron chi connectivity index (χ2n) is 8.55. The third-order valence-electron chi connectivity index (χ3n) is 6.63. The van der Waals surface area contributed by atoms with E-state index in [2.05, 4.69) is 122 Å². The van der Waals surface area contributed by atoms with Crippen LogP contribution in [0.5, 0.6) is 0 Å². The largest absolute Gasteiger partial charge is 0.305 e. The van der Waals surface area contributed by atoms with Crippen LogP contribution >= 0.6 is 0 Å². The van der Waals surface area contributed by atoms with Gasteiger partial charge in [-0.3, -0.25) is 4.90 Å². The quantitative estimate of drug-likeness (QED) is 0.554. The molecule has 2 atom stereocenters. The number of piperidine rings is 1. The maximum Gasteiger partial charge on any atom is 0.0973 e. The van der Waals surface area contributed by atoms with Crippen molar-refractivity contribution in [3.05, 3.63) is 108 Å². The monoisotopic (exact) mass is 384 g/mol. The third kappa shape index (κ3) is 3.63. The lowest BCUT2D eigenvalue weighted by Gasteiger charge is -2.51. The summed E-state index contributed by atoms with van der Waals surface area (Å²) in [6.07, 6.45) is 1.21. The number of rotatable bonds is 5. The molecule has 1 fully saturated rings. The molecule has 150 valence electrons. The number of likely N-dealkylation sites (N-methyl/N-ethyl adjacent to an activating group) is 1. The highest BCUT2D eigenvalue weighted by Gasteiger charge is 2.45. The second-order valence-corrected chi connectivity index (χ2v) is 8.55. The van der Waals surface area contributed by atoms with Crippen molar-refractivity contribution >= 4 is 0 Å². The van der Waals surface area contributed by atoms with E-state index in [4.69, 9.17) is 0 Å². The fraction of sp³-hybridized carbons (Fsp3) is 0.333. The van der Waals surface area contributed by atoms with Gasteiger partial charge >= 0.3 is 0 Å². The highest BCUT2D eigenvalue weighted by atomic mass is 15.3. The summed E-state index contributed by atoms with van der Waals surface area (Å²) >= 11 is 0. The highest BCUT2D eigenvalue weighted by molar-refractivity contribution is 5.49. The molecule has 0 aliphatic carbocycles. The van der Waals surface area contributed by atoms with Crippen molar-refractivity contribution in [1.29, 1.82) is 0 Å². The summed E-state index contributed by atoms with van der Waals surface area (Å²) in [5.74, 6) is 0.696. The Morgan fingerprint density at radius 2 is 1.14 bits per heavy atom. The average molecular weight is 385 g/mol. The first-order chi connectivity index (χ1) is 14.1. The summed E-state index contributed by atoms with van der Waals surface area (Å²) in [6.45, 7) is 4.54. The van der Waals surface area contributed by atoms with Gasteiger partial charge in [0.15, 0.2) is 0 Å². The molecule has 1 aliphatic heterocycles. The minimum atomic E-state index is -0.293. The summed E-state index contributed by atoms with van der Waals surface area (Å²) in [4.78, 5) is 5.13. The SMILES string of the molecule is CC1CCN(C(c2ccccc2)(c2ccccc2)c2ccccc2)CC1N(C)C. The molecule has 0 saturated carbocycles. The van der Waals surface area contributed by atoms with Gasteiger partial charge in [-0.1, -0.05) is 97.9 Å². The molecule has 3 aromatic rings. The van der Waals surface area contributed by atoms with Crippen molar-refractivity contribution in [2.45, 2.75) is 24.9 Å². The van der Waals surface area contributed by atoms with E-state index in [0.29, 0.717) is 12.0 Å². The Morgan fingerprint density at radius 3 is 1.52 bits per heavy atom. The first-order valence-corrected chi connectivity index (χ1v) is 10.7.